The third-order valence-corrected chi connectivity index (χ3v) is 19.0. The molecule has 3 atom stereocenters. The standard InChI is InChI=1S/C24H33BrF2N6O3.C24H34F2N6O3.C20H32F2N4O3.C4H2BrClN2/c25-19-14-28-16-30-23(19)32-20(24(34)35)8-11-33(12-13-36-15-21(26)27)10-2-1-5-18-7-6-17-4-3-9-29-22(17)31-18;25-21(26)16-35-15-14-32(13-9-20(24(33)34)31-22-8-11-27-17-29-22)12-2-1-5-19-7-6-18-4-3-10-28-23(18)30-19;21-18(22)14-29-13-12-26(11-8-17(23)20(27)28)10-2-1-5-16-7-6-15-4-3-9-24-19(15)25-16;5-3-1-7-2-8-4(3)6/h6-7,14,16,20-21H,1-5,8-13,15H2,(H,29,31)(H,34,35)(H,28,30,32);6-8,11,17,20-21H,1-5,9-10,12-16H2,(H,28,30)(H,33,34)(H,27,29,31);6-7,17-18H,1-5,8-14,23H2,(H,24,25)(H,27,28);1-2H/t2*20-;17-;/m000./s1. The molecule has 0 saturated heterocycles. The molecule has 9 rings (SSSR count). The van der Waals surface area contributed by atoms with Gasteiger partial charge >= 0.3 is 17.9 Å². The van der Waals surface area contributed by atoms with Crippen molar-refractivity contribution in [2.24, 2.45) is 5.73 Å². The Hall–Kier alpha value is -7.35. The third-order valence-electron chi connectivity index (χ3n) is 17.4. The van der Waals surface area contributed by atoms with E-state index >= 15 is 0 Å². The zero-order valence-electron chi connectivity index (χ0n) is 60.6. The topological polar surface area (TPSA) is 351 Å². The summed E-state index contributed by atoms with van der Waals surface area (Å²) in [4.78, 5) is 77.9. The van der Waals surface area contributed by atoms with Crippen LogP contribution in [0, 0.1) is 0 Å². The lowest BCUT2D eigenvalue weighted by molar-refractivity contribution is -0.139. The number of carboxylic acid groups (broad SMARTS) is 3. The molecule has 9 heterocycles. The molecule has 596 valence electrons. The first-order chi connectivity index (χ1) is 52.2. The Labute approximate surface area is 648 Å². The summed E-state index contributed by atoms with van der Waals surface area (Å²) in [5.74, 6) is 0.787. The third kappa shape index (κ3) is 36.9. The number of aryl methyl sites for hydroxylation is 6. The number of carbonyl (C=O) groups is 3. The average molecular weight is 1670 g/mol. The molecule has 0 bridgehead atoms. The molecule has 0 aromatic carbocycles. The van der Waals surface area contributed by atoms with Crippen LogP contribution in [0.2, 0.25) is 5.15 Å². The van der Waals surface area contributed by atoms with E-state index in [0.717, 1.165) is 161 Å². The fourth-order valence-corrected chi connectivity index (χ4v) is 12.2. The zero-order valence-corrected chi connectivity index (χ0v) is 64.5. The van der Waals surface area contributed by atoms with Crippen LogP contribution in [0.15, 0.2) is 89.0 Å². The highest BCUT2D eigenvalue weighted by Gasteiger charge is 2.23. The van der Waals surface area contributed by atoms with Gasteiger partial charge in [0.15, 0.2) is 0 Å². The number of hydrogen-bond acceptors (Lipinski definition) is 24. The molecule has 6 aromatic rings. The maximum Gasteiger partial charge on any atom is 0.326 e. The van der Waals surface area contributed by atoms with E-state index in [4.69, 9.17) is 46.6 Å². The van der Waals surface area contributed by atoms with E-state index in [-0.39, 0.29) is 19.8 Å². The zero-order chi connectivity index (χ0) is 77.7. The number of rotatable bonds is 46. The van der Waals surface area contributed by atoms with Crippen molar-refractivity contribution < 1.29 is 70.3 Å². The SMILES string of the molecule is Clc1ncncc1Br.N[C@@H](CCN(CCCCc1ccc2c(n1)NCCC2)CCOCC(F)F)C(=O)O.O=C(O)[C@H](CCN(CCCCc1ccc2c(n1)NCCC2)CCOCC(F)F)Nc1ccncn1.O=C(O)[C@H](CCN(CCCCc1ccc2c(n1)NCCC2)CCOCC(F)F)Nc1ncncc1Br. The van der Waals surface area contributed by atoms with Crippen LogP contribution < -0.4 is 32.3 Å². The first-order valence-corrected chi connectivity index (χ1v) is 38.4. The van der Waals surface area contributed by atoms with E-state index in [9.17, 15) is 50.9 Å². The summed E-state index contributed by atoms with van der Waals surface area (Å²) in [5, 5.41) is 44.5. The second kappa shape index (κ2) is 51.9. The van der Waals surface area contributed by atoms with Crippen molar-refractivity contribution >= 4 is 90.5 Å². The van der Waals surface area contributed by atoms with Crippen LogP contribution in [-0.2, 0) is 67.1 Å². The first-order valence-electron chi connectivity index (χ1n) is 36.4. The number of fused-ring (bicyclic) bond motifs is 3. The highest BCUT2D eigenvalue weighted by molar-refractivity contribution is 9.11. The molecule has 0 spiro atoms. The number of hydrogen-bond donors (Lipinski definition) is 9. The Bertz CT molecular complexity index is 3540. The molecule has 108 heavy (non-hydrogen) atoms. The number of nitrogens with one attached hydrogen (secondary N) is 5. The quantitative estimate of drug-likeness (QED) is 0.00974. The second-order valence-electron chi connectivity index (χ2n) is 25.7. The Morgan fingerprint density at radius 2 is 0.898 bits per heavy atom. The van der Waals surface area contributed by atoms with Gasteiger partial charge in [-0.25, -0.2) is 80.8 Å². The summed E-state index contributed by atoms with van der Waals surface area (Å²) < 4.78 is 90.3. The van der Waals surface area contributed by atoms with Gasteiger partial charge in [-0.05, 0) is 208 Å². The summed E-state index contributed by atoms with van der Waals surface area (Å²) in [6.07, 6.45) is 16.7. The lowest BCUT2D eigenvalue weighted by Gasteiger charge is -2.24. The molecule has 6 aromatic heterocycles. The van der Waals surface area contributed by atoms with Crippen molar-refractivity contribution in [2.75, 3.05) is 145 Å². The van der Waals surface area contributed by atoms with Crippen LogP contribution in [0.3, 0.4) is 0 Å². The van der Waals surface area contributed by atoms with Crippen molar-refractivity contribution in [2.45, 2.75) is 153 Å². The van der Waals surface area contributed by atoms with Gasteiger partial charge in [-0.3, -0.25) is 4.79 Å². The van der Waals surface area contributed by atoms with Crippen molar-refractivity contribution in [3.8, 4) is 0 Å². The van der Waals surface area contributed by atoms with E-state index in [1.165, 1.54) is 48.1 Å². The number of pyridine rings is 3. The van der Waals surface area contributed by atoms with Gasteiger partial charge in [-0.1, -0.05) is 29.8 Å². The lowest BCUT2D eigenvalue weighted by Crippen LogP contribution is -2.37. The molecule has 0 radical (unpaired) electrons. The number of unbranched alkanes of at least 4 members (excludes halogenated alkanes) is 3. The number of ether oxygens (including phenoxy) is 3. The summed E-state index contributed by atoms with van der Waals surface area (Å²) in [6.45, 7) is 6.53. The maximum atomic E-state index is 12.4. The number of anilines is 5. The Morgan fingerprint density at radius 3 is 1.26 bits per heavy atom. The lowest BCUT2D eigenvalue weighted by atomic mass is 10.1. The van der Waals surface area contributed by atoms with Gasteiger partial charge in [0, 0.05) is 94.6 Å². The highest BCUT2D eigenvalue weighted by Crippen LogP contribution is 2.25. The predicted molar refractivity (Wildman–Crippen MR) is 408 cm³/mol. The molecule has 27 nitrogen and oxygen atoms in total. The van der Waals surface area contributed by atoms with Gasteiger partial charge in [0.2, 0.25) is 0 Å². The van der Waals surface area contributed by atoms with E-state index < -0.39 is 75.1 Å². The number of halogens is 9. The second-order valence-corrected chi connectivity index (χ2v) is 27.7. The molecule has 0 unspecified atom stereocenters. The van der Waals surface area contributed by atoms with Crippen molar-refractivity contribution in [1.29, 1.82) is 0 Å². The minimum atomic E-state index is -2.51. The average Bonchev–Trinajstić information content (AvgIpc) is 0.823. The number of nitrogens with zero attached hydrogens (tertiary/aromatic N) is 12. The Balaban J connectivity index is 0.000000241. The number of aliphatic carboxylic acids is 3. The van der Waals surface area contributed by atoms with E-state index in [1.807, 2.05) is 4.90 Å². The van der Waals surface area contributed by atoms with Crippen molar-refractivity contribution in [3.63, 3.8) is 0 Å². The number of alkyl halides is 6. The van der Waals surface area contributed by atoms with Crippen molar-refractivity contribution in [3.05, 3.63) is 128 Å². The van der Waals surface area contributed by atoms with Gasteiger partial charge in [-0.2, -0.15) is 0 Å². The highest BCUT2D eigenvalue weighted by atomic mass is 79.9. The minimum Gasteiger partial charge on any atom is -0.480 e. The van der Waals surface area contributed by atoms with Crippen LogP contribution in [-0.4, -0.2) is 248 Å². The number of aromatic nitrogens is 9. The van der Waals surface area contributed by atoms with Gasteiger partial charge in [0.1, 0.15) is 91.2 Å². The van der Waals surface area contributed by atoms with Crippen molar-refractivity contribution in [1.82, 2.24) is 59.6 Å². The molecule has 0 saturated carbocycles. The van der Waals surface area contributed by atoms with Gasteiger partial charge in [0.05, 0.1) is 28.8 Å². The van der Waals surface area contributed by atoms with Crippen LogP contribution >= 0.6 is 43.5 Å². The summed E-state index contributed by atoms with van der Waals surface area (Å²) in [7, 11) is 0. The Morgan fingerprint density at radius 1 is 0.500 bits per heavy atom. The molecule has 3 aliphatic rings. The molecular formula is C72H101Br2ClF6N18O9. The van der Waals surface area contributed by atoms with Gasteiger partial charge in [0.25, 0.3) is 19.3 Å². The molecule has 0 fully saturated rings. The van der Waals surface area contributed by atoms with E-state index in [2.05, 4.69) is 140 Å². The predicted octanol–water partition coefficient (Wildman–Crippen LogP) is 11.0. The maximum absolute atomic E-state index is 12.4. The monoisotopic (exact) mass is 1670 g/mol. The largest absolute Gasteiger partial charge is 0.480 e. The van der Waals surface area contributed by atoms with Gasteiger partial charge < -0.3 is 76.5 Å². The van der Waals surface area contributed by atoms with Crippen LogP contribution in [0.4, 0.5) is 55.4 Å². The molecule has 0 aliphatic carbocycles. The summed E-state index contributed by atoms with van der Waals surface area (Å²) in [5.41, 5.74) is 12.5. The van der Waals surface area contributed by atoms with Gasteiger partial charge in [-0.15, -0.1) is 0 Å². The van der Waals surface area contributed by atoms with Crippen LogP contribution in [0.5, 0.6) is 0 Å². The molecule has 0 amide bonds. The van der Waals surface area contributed by atoms with E-state index in [1.54, 1.807) is 12.3 Å². The molecule has 36 heteroatoms. The Kier molecular flexibility index (Phi) is 43.1. The molecular weight excluding hydrogens is 1570 g/mol. The van der Waals surface area contributed by atoms with Crippen LogP contribution in [0.1, 0.15) is 111 Å². The van der Waals surface area contributed by atoms with E-state index in [0.29, 0.717) is 92.9 Å². The van der Waals surface area contributed by atoms with Crippen LogP contribution in [0.25, 0.3) is 0 Å². The fraction of sp³-hybridized carbons (Fsp3) is 0.583. The number of carboxylic acids is 3. The number of nitrogens with two attached hydrogens (primary N) is 1. The summed E-state index contributed by atoms with van der Waals surface area (Å²) in [6, 6.07) is 11.7. The molecule has 10 N–H and O–H groups in total. The fourth-order valence-electron chi connectivity index (χ4n) is 11.6. The smallest absolute Gasteiger partial charge is 0.326 e. The first kappa shape index (κ1) is 89.5. The normalized spacial score (nSPS) is 13.8. The molecule has 3 aliphatic heterocycles. The minimum absolute atomic E-state index is 0.158. The summed E-state index contributed by atoms with van der Waals surface area (Å²) >= 11 is 12.0.